The van der Waals surface area contributed by atoms with Crippen LogP contribution in [-0.2, 0) is 14.6 Å². The van der Waals surface area contributed by atoms with Crippen LogP contribution in [0.25, 0.3) is 10.9 Å². The van der Waals surface area contributed by atoms with Gasteiger partial charge in [-0.25, -0.2) is 13.2 Å². The van der Waals surface area contributed by atoms with Crippen molar-refractivity contribution in [2.45, 2.75) is 11.8 Å². The molecule has 18 heavy (non-hydrogen) atoms. The molecule has 96 valence electrons. The summed E-state index contributed by atoms with van der Waals surface area (Å²) in [6, 6.07) is 6.36. The Morgan fingerprint density at radius 3 is 2.67 bits per heavy atom. The summed E-state index contributed by atoms with van der Waals surface area (Å²) >= 11 is 0. The molecule has 5 nitrogen and oxygen atoms in total. The Bertz CT molecular complexity index is 700. The SMILES string of the molecule is CCS(=O)(=O)c1ccc2cc(C(=O)OC)[nH]c2c1. The normalized spacial score (nSPS) is 11.7. The molecule has 0 saturated heterocycles. The number of rotatable bonds is 3. The Morgan fingerprint density at radius 1 is 1.33 bits per heavy atom. The lowest BCUT2D eigenvalue weighted by Crippen LogP contribution is -2.03. The highest BCUT2D eigenvalue weighted by Crippen LogP contribution is 2.21. The van der Waals surface area contributed by atoms with E-state index in [1.807, 2.05) is 0 Å². The van der Waals surface area contributed by atoms with Crippen LogP contribution >= 0.6 is 0 Å². The van der Waals surface area contributed by atoms with E-state index in [9.17, 15) is 13.2 Å². The van der Waals surface area contributed by atoms with Crippen molar-refractivity contribution >= 4 is 26.7 Å². The minimum atomic E-state index is -3.24. The van der Waals surface area contributed by atoms with Crippen molar-refractivity contribution in [3.05, 3.63) is 30.0 Å². The first-order valence-corrected chi connectivity index (χ1v) is 7.07. The summed E-state index contributed by atoms with van der Waals surface area (Å²) in [5.74, 6) is -0.436. The number of carbonyl (C=O) groups excluding carboxylic acids is 1. The van der Waals surface area contributed by atoms with E-state index in [1.165, 1.54) is 19.2 Å². The highest BCUT2D eigenvalue weighted by atomic mass is 32.2. The van der Waals surface area contributed by atoms with Crippen LogP contribution < -0.4 is 0 Å². The van der Waals surface area contributed by atoms with Crippen LogP contribution in [0.15, 0.2) is 29.2 Å². The Hall–Kier alpha value is -1.82. The number of H-pyrrole nitrogens is 1. The van der Waals surface area contributed by atoms with Crippen molar-refractivity contribution in [2.24, 2.45) is 0 Å². The number of esters is 1. The van der Waals surface area contributed by atoms with Gasteiger partial charge in [0, 0.05) is 10.9 Å². The summed E-state index contributed by atoms with van der Waals surface area (Å²) in [5.41, 5.74) is 0.906. The first-order valence-electron chi connectivity index (χ1n) is 5.42. The molecule has 6 heteroatoms. The lowest BCUT2D eigenvalue weighted by Gasteiger charge is -2.00. The first kappa shape index (κ1) is 12.6. The molecule has 0 radical (unpaired) electrons. The number of fused-ring (bicyclic) bond motifs is 1. The molecule has 0 saturated carbocycles. The molecule has 0 bridgehead atoms. The monoisotopic (exact) mass is 267 g/mol. The van der Waals surface area contributed by atoms with Gasteiger partial charge < -0.3 is 9.72 Å². The summed E-state index contributed by atoms with van der Waals surface area (Å²) in [7, 11) is -1.95. The summed E-state index contributed by atoms with van der Waals surface area (Å²) < 4.78 is 28.1. The molecule has 0 amide bonds. The van der Waals surface area contributed by atoms with Crippen molar-refractivity contribution in [1.82, 2.24) is 4.98 Å². The zero-order chi connectivity index (χ0) is 13.3. The van der Waals surface area contributed by atoms with Gasteiger partial charge in [0.05, 0.1) is 17.8 Å². The Labute approximate surface area is 105 Å². The predicted molar refractivity (Wildman–Crippen MR) is 67.4 cm³/mol. The number of carbonyl (C=O) groups is 1. The zero-order valence-electron chi connectivity index (χ0n) is 10.1. The van der Waals surface area contributed by atoms with Crippen molar-refractivity contribution in [1.29, 1.82) is 0 Å². The van der Waals surface area contributed by atoms with Crippen LogP contribution in [0, 0.1) is 0 Å². The van der Waals surface area contributed by atoms with E-state index in [0.29, 0.717) is 11.2 Å². The summed E-state index contributed by atoms with van der Waals surface area (Å²) in [5, 5.41) is 0.769. The maximum atomic E-state index is 11.7. The van der Waals surface area contributed by atoms with E-state index in [2.05, 4.69) is 9.72 Å². The number of aromatic amines is 1. The highest BCUT2D eigenvalue weighted by Gasteiger charge is 2.14. The third-order valence-corrected chi connectivity index (χ3v) is 4.47. The third-order valence-electron chi connectivity index (χ3n) is 2.74. The van der Waals surface area contributed by atoms with Gasteiger partial charge >= 0.3 is 5.97 Å². The summed E-state index contributed by atoms with van der Waals surface area (Å²) in [6.07, 6.45) is 0. The zero-order valence-corrected chi connectivity index (χ0v) is 10.9. The molecule has 1 aromatic heterocycles. The molecule has 2 aromatic rings. The molecular formula is C12H13NO4S. The Balaban J connectivity index is 2.56. The fraction of sp³-hybridized carbons (Fsp3) is 0.250. The van der Waals surface area contributed by atoms with Crippen LogP contribution in [0.2, 0.25) is 0 Å². The largest absolute Gasteiger partial charge is 0.464 e. The second kappa shape index (κ2) is 4.45. The number of hydrogen-bond acceptors (Lipinski definition) is 4. The quantitative estimate of drug-likeness (QED) is 0.859. The average Bonchev–Trinajstić information content (AvgIpc) is 2.80. The molecule has 0 unspecified atom stereocenters. The minimum Gasteiger partial charge on any atom is -0.464 e. The van der Waals surface area contributed by atoms with Crippen LogP contribution in [0.3, 0.4) is 0 Å². The van der Waals surface area contributed by atoms with E-state index >= 15 is 0 Å². The second-order valence-electron chi connectivity index (χ2n) is 3.83. The minimum absolute atomic E-state index is 0.0447. The molecule has 2 rings (SSSR count). The molecule has 1 N–H and O–H groups in total. The molecule has 1 heterocycles. The van der Waals surface area contributed by atoms with Gasteiger partial charge in [0.1, 0.15) is 5.69 Å². The van der Waals surface area contributed by atoms with Crippen molar-refractivity contribution in [2.75, 3.05) is 12.9 Å². The fourth-order valence-electron chi connectivity index (χ4n) is 1.69. The number of methoxy groups -OCH3 is 1. The Kier molecular flexibility index (Phi) is 3.13. The van der Waals surface area contributed by atoms with Gasteiger partial charge in [-0.05, 0) is 18.2 Å². The second-order valence-corrected chi connectivity index (χ2v) is 6.11. The molecule has 0 aliphatic carbocycles. The molecular weight excluding hydrogens is 254 g/mol. The number of hydrogen-bond donors (Lipinski definition) is 1. The lowest BCUT2D eigenvalue weighted by atomic mass is 10.2. The van der Waals surface area contributed by atoms with Crippen LogP contribution in [0.5, 0.6) is 0 Å². The number of sulfone groups is 1. The topological polar surface area (TPSA) is 76.2 Å². The van der Waals surface area contributed by atoms with E-state index in [1.54, 1.807) is 19.1 Å². The molecule has 0 fully saturated rings. The van der Waals surface area contributed by atoms with Gasteiger partial charge in [-0.3, -0.25) is 0 Å². The number of ether oxygens (including phenoxy) is 1. The number of nitrogens with one attached hydrogen (secondary N) is 1. The van der Waals surface area contributed by atoms with Crippen LogP contribution in [0.1, 0.15) is 17.4 Å². The maximum Gasteiger partial charge on any atom is 0.354 e. The van der Waals surface area contributed by atoms with Gasteiger partial charge in [0.25, 0.3) is 0 Å². The van der Waals surface area contributed by atoms with E-state index in [-0.39, 0.29) is 10.6 Å². The van der Waals surface area contributed by atoms with Crippen molar-refractivity contribution in [3.63, 3.8) is 0 Å². The number of aromatic nitrogens is 1. The highest BCUT2D eigenvalue weighted by molar-refractivity contribution is 7.91. The molecule has 0 atom stereocenters. The van der Waals surface area contributed by atoms with Gasteiger partial charge in [0.2, 0.25) is 0 Å². The van der Waals surface area contributed by atoms with Crippen LogP contribution in [-0.4, -0.2) is 32.2 Å². The maximum absolute atomic E-state index is 11.7. The van der Waals surface area contributed by atoms with Crippen molar-refractivity contribution in [3.8, 4) is 0 Å². The van der Waals surface area contributed by atoms with E-state index < -0.39 is 15.8 Å². The van der Waals surface area contributed by atoms with Gasteiger partial charge in [-0.2, -0.15) is 0 Å². The summed E-state index contributed by atoms with van der Waals surface area (Å²) in [4.78, 5) is 14.4. The van der Waals surface area contributed by atoms with E-state index in [4.69, 9.17) is 0 Å². The third kappa shape index (κ3) is 2.11. The van der Waals surface area contributed by atoms with Gasteiger partial charge in [0.15, 0.2) is 9.84 Å². The molecule has 1 aromatic carbocycles. The van der Waals surface area contributed by atoms with Crippen molar-refractivity contribution < 1.29 is 17.9 Å². The van der Waals surface area contributed by atoms with Gasteiger partial charge in [-0.1, -0.05) is 13.0 Å². The lowest BCUT2D eigenvalue weighted by molar-refractivity contribution is 0.0595. The molecule has 0 aliphatic rings. The average molecular weight is 267 g/mol. The van der Waals surface area contributed by atoms with Crippen LogP contribution in [0.4, 0.5) is 0 Å². The molecule has 0 aliphatic heterocycles. The summed E-state index contributed by atoms with van der Waals surface area (Å²) in [6.45, 7) is 1.59. The predicted octanol–water partition coefficient (Wildman–Crippen LogP) is 1.75. The van der Waals surface area contributed by atoms with Gasteiger partial charge in [-0.15, -0.1) is 0 Å². The van der Waals surface area contributed by atoms with E-state index in [0.717, 1.165) is 5.39 Å². The fourth-order valence-corrected chi connectivity index (χ4v) is 2.59. The smallest absolute Gasteiger partial charge is 0.354 e. The first-order chi connectivity index (χ1) is 8.47. The molecule has 0 spiro atoms. The standard InChI is InChI=1S/C12H13NO4S/c1-3-18(15,16)9-5-4-8-6-11(12(14)17-2)13-10(8)7-9/h4-7,13H,3H2,1-2H3. The Morgan fingerprint density at radius 2 is 2.06 bits per heavy atom. The number of benzene rings is 1.